The molecule has 244 valence electrons. The molecule has 1 aliphatic heterocycles. The van der Waals surface area contributed by atoms with Crippen molar-refractivity contribution in [3.8, 4) is 11.3 Å². The number of morpholine rings is 1. The molecule has 1 fully saturated rings. The van der Waals surface area contributed by atoms with Gasteiger partial charge in [-0.1, -0.05) is 50.3 Å². The van der Waals surface area contributed by atoms with Crippen LogP contribution in [0.3, 0.4) is 0 Å². The van der Waals surface area contributed by atoms with Crippen molar-refractivity contribution in [1.29, 1.82) is 0 Å². The first-order chi connectivity index (χ1) is 22.9. The fourth-order valence-electron chi connectivity index (χ4n) is 5.56. The Labute approximate surface area is 274 Å². The number of amides is 1. The quantitative estimate of drug-likeness (QED) is 0.145. The first kappa shape index (κ1) is 32.0. The molecular formula is C35H42N10O2. The van der Waals surface area contributed by atoms with Crippen molar-refractivity contribution in [2.24, 2.45) is 0 Å². The van der Waals surface area contributed by atoms with E-state index in [0.717, 1.165) is 57.6 Å². The zero-order valence-electron chi connectivity index (χ0n) is 27.3. The third-order valence-corrected chi connectivity index (χ3v) is 7.99. The van der Waals surface area contributed by atoms with Crippen LogP contribution < -0.4 is 21.3 Å². The molecule has 4 heterocycles. The number of nitrogens with one attached hydrogen (secondary N) is 4. The lowest BCUT2D eigenvalue weighted by atomic mass is 9.99. The van der Waals surface area contributed by atoms with E-state index in [1.54, 1.807) is 16.8 Å². The minimum absolute atomic E-state index is 0.0480. The van der Waals surface area contributed by atoms with Crippen LogP contribution >= 0.6 is 0 Å². The van der Waals surface area contributed by atoms with Gasteiger partial charge in [-0.15, -0.1) is 0 Å². The Hall–Kier alpha value is -4.91. The van der Waals surface area contributed by atoms with Gasteiger partial charge in [0.2, 0.25) is 17.8 Å². The van der Waals surface area contributed by atoms with E-state index in [0.29, 0.717) is 38.1 Å². The molecule has 0 bridgehead atoms. The van der Waals surface area contributed by atoms with Crippen molar-refractivity contribution in [2.45, 2.75) is 32.4 Å². The number of hydrogen-bond acceptors (Lipinski definition) is 10. The van der Waals surface area contributed by atoms with E-state index in [4.69, 9.17) is 19.7 Å². The minimum Gasteiger partial charge on any atom is -0.374 e. The SMILES string of the molecule is CC(C)c1cnn2c(NCc3ccccc3-c3nccc4cc(NC(=O)/C=C/CN(C)C)ccc34)nc(NCC3CNCCO3)nc12. The number of benzene rings is 2. The van der Waals surface area contributed by atoms with E-state index in [-0.39, 0.29) is 17.9 Å². The lowest BCUT2D eigenvalue weighted by Gasteiger charge is -2.23. The molecule has 1 amide bonds. The third kappa shape index (κ3) is 7.74. The second-order valence-electron chi connectivity index (χ2n) is 12.2. The molecule has 47 heavy (non-hydrogen) atoms. The number of carbonyl (C=O) groups excluding carboxylic acids is 1. The molecule has 3 aromatic heterocycles. The van der Waals surface area contributed by atoms with Crippen molar-refractivity contribution < 1.29 is 9.53 Å². The molecule has 12 nitrogen and oxygen atoms in total. The maximum Gasteiger partial charge on any atom is 0.248 e. The zero-order valence-corrected chi connectivity index (χ0v) is 27.3. The van der Waals surface area contributed by atoms with Crippen LogP contribution in [-0.4, -0.2) is 88.4 Å². The highest BCUT2D eigenvalue weighted by Crippen LogP contribution is 2.31. The maximum absolute atomic E-state index is 12.4. The summed E-state index contributed by atoms with van der Waals surface area (Å²) in [7, 11) is 3.92. The van der Waals surface area contributed by atoms with Crippen LogP contribution in [0.25, 0.3) is 27.7 Å². The number of nitrogens with zero attached hydrogens (tertiary/aromatic N) is 6. The maximum atomic E-state index is 12.4. The van der Waals surface area contributed by atoms with Gasteiger partial charge in [-0.2, -0.15) is 19.6 Å². The number of ether oxygens (including phenoxy) is 1. The average Bonchev–Trinajstić information content (AvgIpc) is 3.51. The molecule has 6 rings (SSSR count). The van der Waals surface area contributed by atoms with E-state index in [9.17, 15) is 4.79 Å². The van der Waals surface area contributed by atoms with Gasteiger partial charge in [-0.3, -0.25) is 9.78 Å². The Balaban J connectivity index is 1.25. The third-order valence-electron chi connectivity index (χ3n) is 7.99. The molecule has 0 aliphatic carbocycles. The standard InChI is InChI=1S/C35H42N10O2/c1-23(2)30-22-40-45-33(30)42-34(38-21-27-20-36-15-17-47-27)43-35(45)39-19-25-8-5-6-9-28(25)32-29-12-11-26(18-24(29)13-14-37-32)41-31(46)10-7-16-44(3)4/h5-14,18,22-23,27,36H,15-17,19-21H2,1-4H3,(H,41,46)(H2,38,39,42,43)/b10-7+. The molecule has 0 saturated carbocycles. The molecule has 0 spiro atoms. The summed E-state index contributed by atoms with van der Waals surface area (Å²) in [5, 5.41) is 19.8. The normalized spacial score (nSPS) is 15.2. The van der Waals surface area contributed by atoms with Crippen LogP contribution in [0.5, 0.6) is 0 Å². The van der Waals surface area contributed by atoms with E-state index in [1.807, 2.05) is 67.7 Å². The Bertz CT molecular complexity index is 1880. The van der Waals surface area contributed by atoms with Gasteiger partial charge in [0.15, 0.2) is 5.65 Å². The summed E-state index contributed by atoms with van der Waals surface area (Å²) < 4.78 is 7.63. The largest absolute Gasteiger partial charge is 0.374 e. The molecule has 1 unspecified atom stereocenters. The summed E-state index contributed by atoms with van der Waals surface area (Å²) in [6.45, 7) is 8.39. The number of pyridine rings is 1. The first-order valence-electron chi connectivity index (χ1n) is 16.0. The summed E-state index contributed by atoms with van der Waals surface area (Å²) >= 11 is 0. The highest BCUT2D eigenvalue weighted by atomic mass is 16.5. The summed E-state index contributed by atoms with van der Waals surface area (Å²) in [5.74, 6) is 1.20. The Morgan fingerprint density at radius 3 is 2.83 bits per heavy atom. The summed E-state index contributed by atoms with van der Waals surface area (Å²) in [6, 6.07) is 16.1. The predicted molar refractivity (Wildman–Crippen MR) is 187 cm³/mol. The number of aromatic nitrogens is 5. The topological polar surface area (TPSA) is 134 Å². The van der Waals surface area contributed by atoms with Crippen LogP contribution in [0.15, 0.2) is 73.1 Å². The molecule has 0 radical (unpaired) electrons. The molecule has 1 saturated heterocycles. The predicted octanol–water partition coefficient (Wildman–Crippen LogP) is 4.53. The van der Waals surface area contributed by atoms with Crippen LogP contribution in [0.2, 0.25) is 0 Å². The molecule has 4 N–H and O–H groups in total. The summed E-state index contributed by atoms with van der Waals surface area (Å²) in [4.78, 5) is 28.9. The van der Waals surface area contributed by atoms with Crippen LogP contribution in [0, 0.1) is 0 Å². The monoisotopic (exact) mass is 634 g/mol. The van der Waals surface area contributed by atoms with Gasteiger partial charge in [0.25, 0.3) is 0 Å². The van der Waals surface area contributed by atoms with Gasteiger partial charge in [0, 0.05) is 67.2 Å². The molecule has 5 aromatic rings. The van der Waals surface area contributed by atoms with Crippen LogP contribution in [0.4, 0.5) is 17.6 Å². The Morgan fingerprint density at radius 2 is 2.02 bits per heavy atom. The van der Waals surface area contributed by atoms with Gasteiger partial charge in [0.1, 0.15) is 0 Å². The fraction of sp³-hybridized carbons (Fsp3) is 0.343. The first-order valence-corrected chi connectivity index (χ1v) is 16.0. The lowest BCUT2D eigenvalue weighted by Crippen LogP contribution is -2.42. The lowest BCUT2D eigenvalue weighted by molar-refractivity contribution is -0.111. The average molecular weight is 635 g/mol. The van der Waals surface area contributed by atoms with Crippen LogP contribution in [-0.2, 0) is 16.1 Å². The van der Waals surface area contributed by atoms with E-state index in [2.05, 4.69) is 52.3 Å². The van der Waals surface area contributed by atoms with E-state index < -0.39 is 0 Å². The van der Waals surface area contributed by atoms with E-state index >= 15 is 0 Å². The van der Waals surface area contributed by atoms with E-state index in [1.165, 1.54) is 0 Å². The Morgan fingerprint density at radius 1 is 1.15 bits per heavy atom. The molecule has 12 heteroatoms. The summed E-state index contributed by atoms with van der Waals surface area (Å²) in [6.07, 6.45) is 7.12. The van der Waals surface area contributed by atoms with Crippen molar-refractivity contribution >= 4 is 39.9 Å². The number of carbonyl (C=O) groups is 1. The number of likely N-dealkylation sites (N-methyl/N-ethyl adjacent to an activating group) is 1. The molecule has 1 atom stereocenters. The zero-order chi connectivity index (χ0) is 32.8. The number of fused-ring (bicyclic) bond motifs is 2. The Kier molecular flexibility index (Phi) is 10.0. The van der Waals surface area contributed by atoms with Crippen molar-refractivity contribution in [2.75, 3.05) is 62.8 Å². The molecule has 1 aliphatic rings. The molecule has 2 aromatic carbocycles. The van der Waals surface area contributed by atoms with Crippen molar-refractivity contribution in [3.05, 3.63) is 84.2 Å². The van der Waals surface area contributed by atoms with Crippen molar-refractivity contribution in [3.63, 3.8) is 0 Å². The summed E-state index contributed by atoms with van der Waals surface area (Å²) in [5.41, 5.74) is 5.46. The van der Waals surface area contributed by atoms with Gasteiger partial charge in [-0.05, 0) is 49.2 Å². The number of anilines is 3. The van der Waals surface area contributed by atoms with Gasteiger partial charge in [-0.25, -0.2) is 0 Å². The smallest absolute Gasteiger partial charge is 0.248 e. The fourth-order valence-corrected chi connectivity index (χ4v) is 5.56. The van der Waals surface area contributed by atoms with Crippen LogP contribution in [0.1, 0.15) is 30.9 Å². The highest BCUT2D eigenvalue weighted by Gasteiger charge is 2.18. The number of hydrogen-bond donors (Lipinski definition) is 4. The van der Waals surface area contributed by atoms with Crippen molar-refractivity contribution in [1.82, 2.24) is 34.8 Å². The minimum atomic E-state index is -0.161. The van der Waals surface area contributed by atoms with Gasteiger partial charge >= 0.3 is 0 Å². The molecular weight excluding hydrogens is 592 g/mol. The second kappa shape index (κ2) is 14.7. The number of rotatable bonds is 12. The second-order valence-corrected chi connectivity index (χ2v) is 12.2. The van der Waals surface area contributed by atoms with Gasteiger partial charge in [0.05, 0.1) is 24.6 Å². The highest BCUT2D eigenvalue weighted by molar-refractivity contribution is 6.02. The van der Waals surface area contributed by atoms with Gasteiger partial charge < -0.3 is 30.9 Å².